The van der Waals surface area contributed by atoms with Crippen molar-refractivity contribution in [1.82, 2.24) is 10.4 Å². The van der Waals surface area contributed by atoms with Crippen molar-refractivity contribution in [1.29, 1.82) is 0 Å². The lowest BCUT2D eigenvalue weighted by Crippen LogP contribution is -2.31. The monoisotopic (exact) mass is 254 g/mol. The molecule has 1 aromatic carbocycles. The van der Waals surface area contributed by atoms with Crippen molar-refractivity contribution in [3.8, 4) is 0 Å². The van der Waals surface area contributed by atoms with Crippen molar-refractivity contribution in [2.24, 2.45) is 0 Å². The number of hydrazine groups is 1. The van der Waals surface area contributed by atoms with Crippen LogP contribution in [0.4, 0.5) is 0 Å². The number of benzene rings is 1. The first-order valence-corrected chi connectivity index (χ1v) is 6.73. The first-order valence-electron chi connectivity index (χ1n) is 6.73. The standard InChI is InChI=1S/C17H22N2/c1-5-6-7-8-14(3)18-19-12-16-11-13(2)9-10-17(16)15(19)4/h5,9-11,18H,1,3-4,6-8,12H2,2H3. The zero-order chi connectivity index (χ0) is 13.8. The summed E-state index contributed by atoms with van der Waals surface area (Å²) in [6, 6.07) is 6.50. The second-order valence-corrected chi connectivity index (χ2v) is 5.09. The lowest BCUT2D eigenvalue weighted by atomic mass is 10.1. The summed E-state index contributed by atoms with van der Waals surface area (Å²) < 4.78 is 0. The fourth-order valence-corrected chi connectivity index (χ4v) is 2.36. The van der Waals surface area contributed by atoms with Crippen LogP contribution in [0.15, 0.2) is 49.7 Å². The van der Waals surface area contributed by atoms with Crippen LogP contribution in [0.25, 0.3) is 5.70 Å². The summed E-state index contributed by atoms with van der Waals surface area (Å²) in [6.45, 7) is 14.9. The molecular formula is C17H22N2. The van der Waals surface area contributed by atoms with Gasteiger partial charge >= 0.3 is 0 Å². The molecule has 0 saturated carbocycles. The number of nitrogens with zero attached hydrogens (tertiary/aromatic N) is 1. The van der Waals surface area contributed by atoms with Crippen molar-refractivity contribution in [2.75, 3.05) is 0 Å². The molecule has 0 amide bonds. The highest BCUT2D eigenvalue weighted by Crippen LogP contribution is 2.30. The molecule has 1 N–H and O–H groups in total. The number of allylic oxidation sites excluding steroid dienone is 2. The first-order chi connectivity index (χ1) is 9.11. The van der Waals surface area contributed by atoms with Gasteiger partial charge in [-0.3, -0.25) is 5.01 Å². The zero-order valence-corrected chi connectivity index (χ0v) is 11.7. The minimum atomic E-state index is 0.857. The van der Waals surface area contributed by atoms with Gasteiger partial charge in [-0.25, -0.2) is 0 Å². The number of unbranched alkanes of at least 4 members (excludes halogenated alkanes) is 1. The molecule has 2 heteroatoms. The molecule has 0 aromatic heterocycles. The van der Waals surface area contributed by atoms with E-state index in [0.717, 1.165) is 37.2 Å². The third-order valence-electron chi connectivity index (χ3n) is 3.41. The van der Waals surface area contributed by atoms with Crippen LogP contribution in [0.2, 0.25) is 0 Å². The van der Waals surface area contributed by atoms with Gasteiger partial charge in [0, 0.05) is 11.3 Å². The number of aryl methyl sites for hydroxylation is 1. The number of rotatable bonds is 6. The Labute approximate surface area is 116 Å². The van der Waals surface area contributed by atoms with Gasteiger partial charge in [-0.2, -0.15) is 0 Å². The van der Waals surface area contributed by atoms with Crippen molar-refractivity contribution in [3.05, 3.63) is 66.4 Å². The lowest BCUT2D eigenvalue weighted by Gasteiger charge is -2.23. The Morgan fingerprint density at radius 2 is 2.26 bits per heavy atom. The van der Waals surface area contributed by atoms with E-state index in [9.17, 15) is 0 Å². The van der Waals surface area contributed by atoms with Crippen LogP contribution in [-0.2, 0) is 6.54 Å². The molecule has 0 unspecified atom stereocenters. The van der Waals surface area contributed by atoms with Gasteiger partial charge in [0.1, 0.15) is 0 Å². The maximum absolute atomic E-state index is 4.16. The summed E-state index contributed by atoms with van der Waals surface area (Å²) in [4.78, 5) is 0. The van der Waals surface area contributed by atoms with Gasteiger partial charge in [0.05, 0.1) is 12.2 Å². The Kier molecular flexibility index (Phi) is 4.10. The summed E-state index contributed by atoms with van der Waals surface area (Å²) in [7, 11) is 0. The molecule has 0 bridgehead atoms. The number of fused-ring (bicyclic) bond motifs is 1. The Hall–Kier alpha value is -1.96. The Morgan fingerprint density at radius 1 is 1.47 bits per heavy atom. The van der Waals surface area contributed by atoms with Gasteiger partial charge in [0.2, 0.25) is 0 Å². The maximum Gasteiger partial charge on any atom is 0.0651 e. The third-order valence-corrected chi connectivity index (χ3v) is 3.41. The molecule has 2 rings (SSSR count). The quantitative estimate of drug-likeness (QED) is 0.606. The summed E-state index contributed by atoms with van der Waals surface area (Å²) in [6.07, 6.45) is 5.02. The van der Waals surface area contributed by atoms with Crippen LogP contribution in [0.3, 0.4) is 0 Å². The second-order valence-electron chi connectivity index (χ2n) is 5.09. The van der Waals surface area contributed by atoms with Gasteiger partial charge in [-0.05, 0) is 31.7 Å². The van der Waals surface area contributed by atoms with Crippen LogP contribution in [-0.4, -0.2) is 5.01 Å². The molecule has 1 aliphatic rings. The summed E-state index contributed by atoms with van der Waals surface area (Å²) in [5, 5.41) is 2.08. The van der Waals surface area contributed by atoms with Crippen molar-refractivity contribution in [3.63, 3.8) is 0 Å². The Morgan fingerprint density at radius 3 is 3.00 bits per heavy atom. The predicted octanol–water partition coefficient (Wildman–Crippen LogP) is 4.16. The lowest BCUT2D eigenvalue weighted by molar-refractivity contribution is 0.326. The molecule has 1 aliphatic heterocycles. The van der Waals surface area contributed by atoms with Crippen molar-refractivity contribution >= 4 is 5.70 Å². The average Bonchev–Trinajstić information content (AvgIpc) is 2.66. The molecule has 0 fully saturated rings. The predicted molar refractivity (Wildman–Crippen MR) is 82.1 cm³/mol. The van der Waals surface area contributed by atoms with Crippen molar-refractivity contribution < 1.29 is 0 Å². The molecule has 1 aromatic rings. The summed E-state index contributed by atoms with van der Waals surface area (Å²) in [5.74, 6) is 0. The Balaban J connectivity index is 1.96. The average molecular weight is 254 g/mol. The number of hydrogen-bond acceptors (Lipinski definition) is 2. The van der Waals surface area contributed by atoms with Crippen LogP contribution in [0.5, 0.6) is 0 Å². The SMILES string of the molecule is C=CCCCC(=C)NN1Cc2cc(C)ccc2C1=C. The normalized spacial score (nSPS) is 13.3. The molecule has 0 saturated heterocycles. The van der Waals surface area contributed by atoms with Crippen LogP contribution in [0.1, 0.15) is 36.0 Å². The van der Waals surface area contributed by atoms with Gasteiger partial charge in [-0.1, -0.05) is 43.0 Å². The van der Waals surface area contributed by atoms with E-state index < -0.39 is 0 Å². The smallest absolute Gasteiger partial charge is 0.0651 e. The van der Waals surface area contributed by atoms with E-state index in [-0.39, 0.29) is 0 Å². The molecule has 2 nitrogen and oxygen atoms in total. The molecule has 19 heavy (non-hydrogen) atoms. The molecular weight excluding hydrogens is 232 g/mol. The van der Waals surface area contributed by atoms with Gasteiger partial charge in [0.15, 0.2) is 0 Å². The summed E-state index contributed by atoms with van der Waals surface area (Å²) in [5.41, 5.74) is 9.27. The maximum atomic E-state index is 4.16. The molecule has 100 valence electrons. The van der Waals surface area contributed by atoms with Gasteiger partial charge in [-0.15, -0.1) is 6.58 Å². The van der Waals surface area contributed by atoms with E-state index in [4.69, 9.17) is 0 Å². The van der Waals surface area contributed by atoms with E-state index in [1.165, 1.54) is 16.7 Å². The van der Waals surface area contributed by atoms with Gasteiger partial charge in [0.25, 0.3) is 0 Å². The Bertz CT molecular complexity index is 514. The van der Waals surface area contributed by atoms with Crippen LogP contribution < -0.4 is 5.43 Å². The highest BCUT2D eigenvalue weighted by atomic mass is 15.5. The zero-order valence-electron chi connectivity index (χ0n) is 11.7. The molecule has 0 radical (unpaired) electrons. The number of nitrogens with one attached hydrogen (secondary N) is 1. The molecule has 0 atom stereocenters. The van der Waals surface area contributed by atoms with Crippen LogP contribution in [0, 0.1) is 6.92 Å². The van der Waals surface area contributed by atoms with E-state index >= 15 is 0 Å². The van der Waals surface area contributed by atoms with E-state index in [1.807, 2.05) is 6.08 Å². The van der Waals surface area contributed by atoms with Crippen molar-refractivity contribution in [2.45, 2.75) is 32.7 Å². The molecule has 1 heterocycles. The van der Waals surface area contributed by atoms with E-state index in [1.54, 1.807) is 0 Å². The largest absolute Gasteiger partial charge is 0.303 e. The highest BCUT2D eigenvalue weighted by Gasteiger charge is 2.22. The third kappa shape index (κ3) is 3.08. The first kappa shape index (κ1) is 13.5. The number of hydrogen-bond donors (Lipinski definition) is 1. The van der Waals surface area contributed by atoms with E-state index in [0.29, 0.717) is 0 Å². The minimum Gasteiger partial charge on any atom is -0.303 e. The molecule has 0 spiro atoms. The summed E-state index contributed by atoms with van der Waals surface area (Å²) >= 11 is 0. The molecule has 0 aliphatic carbocycles. The van der Waals surface area contributed by atoms with Gasteiger partial charge < -0.3 is 5.43 Å². The van der Waals surface area contributed by atoms with E-state index in [2.05, 4.69) is 55.3 Å². The second kappa shape index (κ2) is 5.79. The minimum absolute atomic E-state index is 0.857. The fourth-order valence-electron chi connectivity index (χ4n) is 2.36. The van der Waals surface area contributed by atoms with Crippen LogP contribution >= 0.6 is 0 Å². The topological polar surface area (TPSA) is 15.3 Å². The highest BCUT2D eigenvalue weighted by molar-refractivity contribution is 5.69. The fraction of sp³-hybridized carbons (Fsp3) is 0.294.